The fourth-order valence-corrected chi connectivity index (χ4v) is 2.15. The monoisotopic (exact) mass is 284 g/mol. The van der Waals surface area contributed by atoms with E-state index in [1.54, 1.807) is 36.4 Å². The second-order valence-electron chi connectivity index (χ2n) is 3.47. The molecule has 86 valence electrons. The molecule has 0 saturated heterocycles. The topological polar surface area (TPSA) is 17.1 Å². The third kappa shape index (κ3) is 2.63. The molecule has 0 aliphatic rings. The zero-order valence-electron chi connectivity index (χ0n) is 8.58. The number of carbonyl (C=O) groups excluding carboxylic acids is 1. The van der Waals surface area contributed by atoms with Crippen molar-refractivity contribution in [2.75, 3.05) is 0 Å². The van der Waals surface area contributed by atoms with Gasteiger partial charge in [-0.25, -0.2) is 0 Å². The molecule has 2 rings (SSSR count). The van der Waals surface area contributed by atoms with Gasteiger partial charge in [0.1, 0.15) is 0 Å². The standard InChI is InChI=1S/C13H7Cl3O/c14-9-1-3-11(8(5-9)7-17)12-6-10(15)2-4-13(12)16/h1-7H. The van der Waals surface area contributed by atoms with Crippen LogP contribution in [0.3, 0.4) is 0 Å². The fourth-order valence-electron chi connectivity index (χ4n) is 1.58. The first-order valence-corrected chi connectivity index (χ1v) is 5.95. The van der Waals surface area contributed by atoms with E-state index >= 15 is 0 Å². The van der Waals surface area contributed by atoms with Crippen molar-refractivity contribution in [1.82, 2.24) is 0 Å². The summed E-state index contributed by atoms with van der Waals surface area (Å²) in [6.07, 6.45) is 0.748. The molecule has 0 aliphatic carbocycles. The molecule has 17 heavy (non-hydrogen) atoms. The molecule has 1 nitrogen and oxygen atoms in total. The van der Waals surface area contributed by atoms with E-state index in [4.69, 9.17) is 34.8 Å². The maximum atomic E-state index is 11.0. The van der Waals surface area contributed by atoms with Gasteiger partial charge < -0.3 is 0 Å². The maximum Gasteiger partial charge on any atom is 0.150 e. The molecule has 0 saturated carbocycles. The van der Waals surface area contributed by atoms with Gasteiger partial charge in [0.05, 0.1) is 0 Å². The van der Waals surface area contributed by atoms with Gasteiger partial charge >= 0.3 is 0 Å². The van der Waals surface area contributed by atoms with Crippen molar-refractivity contribution in [3.05, 3.63) is 57.0 Å². The molecule has 0 aromatic heterocycles. The van der Waals surface area contributed by atoms with Crippen molar-refractivity contribution in [3.8, 4) is 11.1 Å². The van der Waals surface area contributed by atoms with E-state index < -0.39 is 0 Å². The Labute approximate surface area is 114 Å². The van der Waals surface area contributed by atoms with Gasteiger partial charge in [0, 0.05) is 26.2 Å². The van der Waals surface area contributed by atoms with E-state index in [0.717, 1.165) is 17.4 Å². The Kier molecular flexibility index (Phi) is 3.72. The second kappa shape index (κ2) is 5.09. The molecule has 4 heteroatoms. The summed E-state index contributed by atoms with van der Waals surface area (Å²) >= 11 is 17.8. The van der Waals surface area contributed by atoms with Gasteiger partial charge in [0.15, 0.2) is 6.29 Å². The zero-order valence-corrected chi connectivity index (χ0v) is 10.9. The van der Waals surface area contributed by atoms with E-state index in [2.05, 4.69) is 0 Å². The molecule has 0 unspecified atom stereocenters. The highest BCUT2D eigenvalue weighted by Crippen LogP contribution is 2.33. The van der Waals surface area contributed by atoms with Crippen LogP contribution in [0.1, 0.15) is 10.4 Å². The summed E-state index contributed by atoms with van der Waals surface area (Å²) in [5.41, 5.74) is 1.93. The minimum Gasteiger partial charge on any atom is -0.298 e. The van der Waals surface area contributed by atoms with Crippen LogP contribution in [0.2, 0.25) is 15.1 Å². The molecule has 0 bridgehead atoms. The molecule has 0 amide bonds. The van der Waals surface area contributed by atoms with Crippen molar-refractivity contribution >= 4 is 41.1 Å². The first kappa shape index (κ1) is 12.4. The second-order valence-corrected chi connectivity index (χ2v) is 4.75. The van der Waals surface area contributed by atoms with Gasteiger partial charge in [-0.15, -0.1) is 0 Å². The van der Waals surface area contributed by atoms with Gasteiger partial charge in [-0.1, -0.05) is 40.9 Å². The molecule has 0 spiro atoms. The third-order valence-electron chi connectivity index (χ3n) is 2.36. The van der Waals surface area contributed by atoms with Gasteiger partial charge in [0.2, 0.25) is 0 Å². The van der Waals surface area contributed by atoms with Crippen LogP contribution in [0, 0.1) is 0 Å². The SMILES string of the molecule is O=Cc1cc(Cl)ccc1-c1cc(Cl)ccc1Cl. The Morgan fingerprint density at radius 3 is 2.18 bits per heavy atom. The Balaban J connectivity index is 2.67. The van der Waals surface area contributed by atoms with Crippen LogP contribution >= 0.6 is 34.8 Å². The minimum atomic E-state index is 0.488. The number of aldehydes is 1. The van der Waals surface area contributed by atoms with E-state index in [9.17, 15) is 4.79 Å². The van der Waals surface area contributed by atoms with Crippen LogP contribution in [-0.2, 0) is 0 Å². The third-order valence-corrected chi connectivity index (χ3v) is 3.16. The van der Waals surface area contributed by atoms with Gasteiger partial charge in [0.25, 0.3) is 0 Å². The Hall–Kier alpha value is -1.02. The Bertz CT molecular complexity index is 579. The highest BCUT2D eigenvalue weighted by Gasteiger charge is 2.09. The largest absolute Gasteiger partial charge is 0.298 e. The number of benzene rings is 2. The summed E-state index contributed by atoms with van der Waals surface area (Å²) < 4.78 is 0. The number of hydrogen-bond acceptors (Lipinski definition) is 1. The minimum absolute atomic E-state index is 0.488. The van der Waals surface area contributed by atoms with Crippen molar-refractivity contribution < 1.29 is 4.79 Å². The van der Waals surface area contributed by atoms with Gasteiger partial charge in [-0.2, -0.15) is 0 Å². The number of hydrogen-bond donors (Lipinski definition) is 0. The zero-order chi connectivity index (χ0) is 12.4. The molecule has 0 heterocycles. The van der Waals surface area contributed by atoms with E-state index in [1.807, 2.05) is 0 Å². The highest BCUT2D eigenvalue weighted by molar-refractivity contribution is 6.35. The quantitative estimate of drug-likeness (QED) is 0.699. The average molecular weight is 286 g/mol. The molecule has 0 radical (unpaired) electrons. The molecular weight excluding hydrogens is 279 g/mol. The summed E-state index contributed by atoms with van der Waals surface area (Å²) in [5, 5.41) is 1.62. The van der Waals surface area contributed by atoms with Gasteiger partial charge in [-0.3, -0.25) is 4.79 Å². The van der Waals surface area contributed by atoms with Crippen molar-refractivity contribution in [2.45, 2.75) is 0 Å². The van der Waals surface area contributed by atoms with Crippen LogP contribution in [0.5, 0.6) is 0 Å². The van der Waals surface area contributed by atoms with Crippen molar-refractivity contribution in [3.63, 3.8) is 0 Å². The number of carbonyl (C=O) groups is 1. The summed E-state index contributed by atoms with van der Waals surface area (Å²) in [5.74, 6) is 0. The first-order valence-electron chi connectivity index (χ1n) is 4.82. The molecular formula is C13H7Cl3O. The molecule has 0 fully saturated rings. The van der Waals surface area contributed by atoms with Crippen LogP contribution in [0.25, 0.3) is 11.1 Å². The lowest BCUT2D eigenvalue weighted by Gasteiger charge is -2.08. The maximum absolute atomic E-state index is 11.0. The lowest BCUT2D eigenvalue weighted by atomic mass is 10.0. The molecule has 0 N–H and O–H groups in total. The fraction of sp³-hybridized carbons (Fsp3) is 0. The van der Waals surface area contributed by atoms with Crippen LogP contribution in [0.4, 0.5) is 0 Å². The van der Waals surface area contributed by atoms with E-state index in [0.29, 0.717) is 20.6 Å². The summed E-state index contributed by atoms with van der Waals surface area (Å²) in [7, 11) is 0. The van der Waals surface area contributed by atoms with Crippen LogP contribution < -0.4 is 0 Å². The smallest absolute Gasteiger partial charge is 0.150 e. The van der Waals surface area contributed by atoms with Crippen molar-refractivity contribution in [1.29, 1.82) is 0 Å². The Morgan fingerprint density at radius 1 is 0.824 bits per heavy atom. The van der Waals surface area contributed by atoms with Gasteiger partial charge in [-0.05, 0) is 35.9 Å². The molecule has 2 aromatic carbocycles. The molecule has 0 aliphatic heterocycles. The molecule has 2 aromatic rings. The average Bonchev–Trinajstić information content (AvgIpc) is 2.32. The lowest BCUT2D eigenvalue weighted by Crippen LogP contribution is -1.88. The number of rotatable bonds is 2. The lowest BCUT2D eigenvalue weighted by molar-refractivity contribution is 0.112. The predicted molar refractivity (Wildman–Crippen MR) is 72.3 cm³/mol. The highest BCUT2D eigenvalue weighted by atomic mass is 35.5. The van der Waals surface area contributed by atoms with E-state index in [-0.39, 0.29) is 0 Å². The summed E-state index contributed by atoms with van der Waals surface area (Å²) in [6.45, 7) is 0. The predicted octanol–water partition coefficient (Wildman–Crippen LogP) is 5.13. The summed E-state index contributed by atoms with van der Waals surface area (Å²) in [6, 6.07) is 10.2. The van der Waals surface area contributed by atoms with Crippen LogP contribution in [-0.4, -0.2) is 6.29 Å². The van der Waals surface area contributed by atoms with Crippen LogP contribution in [0.15, 0.2) is 36.4 Å². The van der Waals surface area contributed by atoms with E-state index in [1.165, 1.54) is 0 Å². The normalized spacial score (nSPS) is 10.3. The Morgan fingerprint density at radius 2 is 1.47 bits per heavy atom. The summed E-state index contributed by atoms with van der Waals surface area (Å²) in [4.78, 5) is 11.0. The van der Waals surface area contributed by atoms with Crippen molar-refractivity contribution in [2.24, 2.45) is 0 Å². The molecule has 0 atom stereocenters. The first-order chi connectivity index (χ1) is 8.11. The number of halogens is 3.